The van der Waals surface area contributed by atoms with Gasteiger partial charge in [-0.25, -0.2) is 0 Å². The average Bonchev–Trinajstić information content (AvgIpc) is 3.04. The summed E-state index contributed by atoms with van der Waals surface area (Å²) in [5, 5.41) is 12.5. The van der Waals surface area contributed by atoms with Crippen molar-refractivity contribution >= 4 is 41.9 Å². The lowest BCUT2D eigenvalue weighted by molar-refractivity contribution is -0.145. The van der Waals surface area contributed by atoms with Crippen LogP contribution in [0.25, 0.3) is 0 Å². The molecule has 1 aliphatic heterocycles. The van der Waals surface area contributed by atoms with Crippen LogP contribution in [0, 0.1) is 23.2 Å². The Balaban J connectivity index is 1.63. The zero-order valence-electron chi connectivity index (χ0n) is 26.4. The van der Waals surface area contributed by atoms with E-state index >= 15 is 0 Å². The maximum absolute atomic E-state index is 13.3. The third-order valence-electron chi connectivity index (χ3n) is 8.59. The summed E-state index contributed by atoms with van der Waals surface area (Å²) < 4.78 is 23.3. The standard InChI is InChI=1S/C35H42N2O5SSi/c1-35(2,3)44(29-13-9-7-10-14-29,30-15-11-8-12-16-30)42-20-19-25-21-27(23-36)37(33(43)32(25)34(38)41-6)24-26-17-18-28(39-4)22-31(26)40-5/h7-18,22,25,27,32H,19-21,24H2,1-6H3/t25-,27+,32?/m1/s1. The molecular formula is C35H42N2O5SSi. The van der Waals surface area contributed by atoms with Crippen molar-refractivity contribution in [3.63, 3.8) is 0 Å². The number of methoxy groups -OCH3 is 3. The Bertz CT molecular complexity index is 1430. The number of nitriles is 1. The summed E-state index contributed by atoms with van der Waals surface area (Å²) in [5.74, 6) is 0.00304. The molecule has 1 saturated heterocycles. The molecule has 7 nitrogen and oxygen atoms in total. The number of carbonyl (C=O) groups excluding carboxylic acids is 1. The van der Waals surface area contributed by atoms with E-state index in [1.54, 1.807) is 20.3 Å². The van der Waals surface area contributed by atoms with Gasteiger partial charge in [-0.2, -0.15) is 5.26 Å². The SMILES string of the molecule is COC(=O)C1C(=S)N(Cc2ccc(OC)cc2OC)[C@H](C#N)C[C@H]1CCO[Si](c1ccccc1)(c1ccccc1)C(C)(C)C. The van der Waals surface area contributed by atoms with Crippen LogP contribution < -0.4 is 19.8 Å². The third kappa shape index (κ3) is 6.68. The van der Waals surface area contributed by atoms with Gasteiger partial charge >= 0.3 is 5.97 Å². The Kier molecular flexibility index (Phi) is 10.8. The number of nitrogens with zero attached hydrogens (tertiary/aromatic N) is 2. The summed E-state index contributed by atoms with van der Waals surface area (Å²) in [7, 11) is 1.80. The normalized spacial score (nSPS) is 18.8. The predicted octanol–water partition coefficient (Wildman–Crippen LogP) is 5.50. The molecule has 1 unspecified atom stereocenters. The van der Waals surface area contributed by atoms with E-state index in [0.29, 0.717) is 42.5 Å². The highest BCUT2D eigenvalue weighted by atomic mass is 32.1. The summed E-state index contributed by atoms with van der Waals surface area (Å²) >= 11 is 5.95. The number of hydrogen-bond acceptors (Lipinski definition) is 7. The average molecular weight is 631 g/mol. The Labute approximate surface area is 267 Å². The molecule has 0 radical (unpaired) electrons. The van der Waals surface area contributed by atoms with Crippen LogP contribution in [0.1, 0.15) is 39.2 Å². The summed E-state index contributed by atoms with van der Waals surface area (Å²) in [5.41, 5.74) is 0.841. The lowest BCUT2D eigenvalue weighted by Gasteiger charge is -2.44. The van der Waals surface area contributed by atoms with Crippen LogP contribution in [0.2, 0.25) is 5.04 Å². The molecule has 0 aliphatic carbocycles. The van der Waals surface area contributed by atoms with Crippen molar-refractivity contribution in [3.05, 3.63) is 84.4 Å². The van der Waals surface area contributed by atoms with Gasteiger partial charge in [0.2, 0.25) is 0 Å². The first-order valence-electron chi connectivity index (χ1n) is 14.8. The van der Waals surface area contributed by atoms with Crippen LogP contribution in [0.5, 0.6) is 11.5 Å². The van der Waals surface area contributed by atoms with Gasteiger partial charge in [-0.05, 0) is 46.3 Å². The summed E-state index contributed by atoms with van der Waals surface area (Å²) in [6.45, 7) is 7.46. The van der Waals surface area contributed by atoms with Crippen molar-refractivity contribution in [1.29, 1.82) is 5.26 Å². The fourth-order valence-electron chi connectivity index (χ4n) is 6.39. The molecule has 0 spiro atoms. The fourth-order valence-corrected chi connectivity index (χ4v) is 11.5. The molecule has 4 rings (SSSR count). The second kappa shape index (κ2) is 14.4. The van der Waals surface area contributed by atoms with E-state index < -0.39 is 26.2 Å². The monoisotopic (exact) mass is 630 g/mol. The molecule has 3 aromatic carbocycles. The predicted molar refractivity (Wildman–Crippen MR) is 179 cm³/mol. The van der Waals surface area contributed by atoms with Gasteiger partial charge in [0.05, 0.1) is 32.4 Å². The molecule has 1 fully saturated rings. The number of ether oxygens (including phenoxy) is 3. The molecule has 44 heavy (non-hydrogen) atoms. The van der Waals surface area contributed by atoms with E-state index in [1.807, 2.05) is 29.2 Å². The van der Waals surface area contributed by atoms with Crippen molar-refractivity contribution in [1.82, 2.24) is 4.90 Å². The Morgan fingerprint density at radius 1 is 0.977 bits per heavy atom. The van der Waals surface area contributed by atoms with Crippen LogP contribution in [0.3, 0.4) is 0 Å². The summed E-state index contributed by atoms with van der Waals surface area (Å²) in [6.07, 6.45) is 1.02. The van der Waals surface area contributed by atoms with Gasteiger partial charge in [0, 0.05) is 24.8 Å². The first kappa shape index (κ1) is 33.2. The van der Waals surface area contributed by atoms with Crippen molar-refractivity contribution in [2.75, 3.05) is 27.9 Å². The van der Waals surface area contributed by atoms with Gasteiger partial charge < -0.3 is 23.5 Å². The highest BCUT2D eigenvalue weighted by Gasteiger charge is 2.51. The number of piperidine rings is 1. The second-order valence-electron chi connectivity index (χ2n) is 12.1. The molecule has 232 valence electrons. The van der Waals surface area contributed by atoms with E-state index in [1.165, 1.54) is 17.5 Å². The van der Waals surface area contributed by atoms with Gasteiger partial charge in [0.1, 0.15) is 23.5 Å². The quantitative estimate of drug-likeness (QED) is 0.156. The number of hydrogen-bond donors (Lipinski definition) is 0. The van der Waals surface area contributed by atoms with Crippen molar-refractivity contribution in [2.24, 2.45) is 11.8 Å². The zero-order chi connectivity index (χ0) is 31.9. The second-order valence-corrected chi connectivity index (χ2v) is 16.8. The van der Waals surface area contributed by atoms with E-state index in [0.717, 1.165) is 5.56 Å². The number of rotatable bonds is 11. The Hall–Kier alpha value is -3.71. The van der Waals surface area contributed by atoms with Gasteiger partial charge in [-0.1, -0.05) is 93.7 Å². The Morgan fingerprint density at radius 3 is 2.09 bits per heavy atom. The Morgan fingerprint density at radius 2 is 1.59 bits per heavy atom. The highest BCUT2D eigenvalue weighted by Crippen LogP contribution is 2.39. The minimum atomic E-state index is -2.77. The lowest BCUT2D eigenvalue weighted by atomic mass is 9.79. The van der Waals surface area contributed by atoms with Gasteiger partial charge in [-0.15, -0.1) is 0 Å². The molecule has 1 aliphatic rings. The summed E-state index contributed by atoms with van der Waals surface area (Å²) in [6, 6.07) is 28.4. The molecule has 0 saturated carbocycles. The first-order valence-corrected chi connectivity index (χ1v) is 17.2. The molecule has 9 heteroatoms. The molecule has 0 N–H and O–H groups in total. The van der Waals surface area contributed by atoms with E-state index in [4.69, 9.17) is 30.9 Å². The van der Waals surface area contributed by atoms with Crippen molar-refractivity contribution in [3.8, 4) is 17.6 Å². The maximum atomic E-state index is 13.3. The van der Waals surface area contributed by atoms with Crippen molar-refractivity contribution in [2.45, 2.75) is 51.2 Å². The minimum absolute atomic E-state index is 0.178. The number of benzene rings is 3. The number of esters is 1. The molecule has 0 amide bonds. The summed E-state index contributed by atoms with van der Waals surface area (Å²) in [4.78, 5) is 15.5. The van der Waals surface area contributed by atoms with Gasteiger partial charge in [0.15, 0.2) is 0 Å². The first-order chi connectivity index (χ1) is 21.1. The minimum Gasteiger partial charge on any atom is -0.497 e. The molecule has 3 aromatic rings. The molecular weight excluding hydrogens is 589 g/mol. The van der Waals surface area contributed by atoms with Gasteiger partial charge in [0.25, 0.3) is 8.32 Å². The number of carbonyl (C=O) groups is 1. The third-order valence-corrected chi connectivity index (χ3v) is 14.1. The van der Waals surface area contributed by atoms with Crippen LogP contribution in [0.15, 0.2) is 78.9 Å². The molecule has 3 atom stereocenters. The van der Waals surface area contributed by atoms with Crippen LogP contribution in [-0.2, 0) is 20.5 Å². The van der Waals surface area contributed by atoms with Crippen LogP contribution in [0.4, 0.5) is 0 Å². The van der Waals surface area contributed by atoms with Crippen LogP contribution >= 0.6 is 12.2 Å². The lowest BCUT2D eigenvalue weighted by Crippen LogP contribution is -2.66. The van der Waals surface area contributed by atoms with Crippen LogP contribution in [-0.4, -0.2) is 58.2 Å². The largest absolute Gasteiger partial charge is 0.497 e. The van der Waals surface area contributed by atoms with E-state index in [9.17, 15) is 10.1 Å². The molecule has 0 bridgehead atoms. The molecule has 0 aromatic heterocycles. The van der Waals surface area contributed by atoms with E-state index in [-0.39, 0.29) is 11.0 Å². The smallest absolute Gasteiger partial charge is 0.315 e. The number of thiocarbonyl (C=S) groups is 1. The van der Waals surface area contributed by atoms with Crippen molar-refractivity contribution < 1.29 is 23.4 Å². The van der Waals surface area contributed by atoms with E-state index in [2.05, 4.69) is 75.4 Å². The number of likely N-dealkylation sites (tertiary alicyclic amines) is 1. The molecule has 1 heterocycles. The fraction of sp³-hybridized carbons (Fsp3) is 0.400. The van der Waals surface area contributed by atoms with Gasteiger partial charge in [-0.3, -0.25) is 4.79 Å². The maximum Gasteiger partial charge on any atom is 0.315 e. The topological polar surface area (TPSA) is 81.0 Å². The highest BCUT2D eigenvalue weighted by molar-refractivity contribution is 7.80. The zero-order valence-corrected chi connectivity index (χ0v) is 28.2.